The standard InChI is InChI=1S/C15H26N2O2/c1-3-17(4-2)9-10-18-11-12-19-15-8-6-5-7-14(15)13-16/h5-8H,3-4,9-13,16H2,1-2H3. The summed E-state index contributed by atoms with van der Waals surface area (Å²) in [6, 6.07) is 7.85. The molecule has 0 aliphatic carbocycles. The molecule has 1 aromatic rings. The Morgan fingerprint density at radius 2 is 1.79 bits per heavy atom. The number of nitrogens with two attached hydrogens (primary N) is 1. The van der Waals surface area contributed by atoms with E-state index in [-0.39, 0.29) is 0 Å². The summed E-state index contributed by atoms with van der Waals surface area (Å²) in [5, 5.41) is 0. The van der Waals surface area contributed by atoms with Gasteiger partial charge in [0.15, 0.2) is 0 Å². The summed E-state index contributed by atoms with van der Waals surface area (Å²) in [7, 11) is 0. The molecular formula is C15H26N2O2. The Kier molecular flexibility index (Phi) is 8.21. The number of hydrogen-bond acceptors (Lipinski definition) is 4. The number of benzene rings is 1. The van der Waals surface area contributed by atoms with Gasteiger partial charge in [0.1, 0.15) is 12.4 Å². The fourth-order valence-electron chi connectivity index (χ4n) is 1.86. The van der Waals surface area contributed by atoms with E-state index in [2.05, 4.69) is 18.7 Å². The zero-order chi connectivity index (χ0) is 13.9. The summed E-state index contributed by atoms with van der Waals surface area (Å²) in [5.41, 5.74) is 6.68. The predicted octanol–water partition coefficient (Wildman–Crippen LogP) is 1.88. The molecular weight excluding hydrogens is 240 g/mol. The van der Waals surface area contributed by atoms with Gasteiger partial charge in [-0.25, -0.2) is 0 Å². The number of ether oxygens (including phenoxy) is 2. The topological polar surface area (TPSA) is 47.7 Å². The van der Waals surface area contributed by atoms with Crippen LogP contribution in [0.25, 0.3) is 0 Å². The summed E-state index contributed by atoms with van der Waals surface area (Å²) >= 11 is 0. The lowest BCUT2D eigenvalue weighted by atomic mass is 10.2. The second-order valence-corrected chi connectivity index (χ2v) is 4.30. The zero-order valence-electron chi connectivity index (χ0n) is 12.1. The van der Waals surface area contributed by atoms with Crippen molar-refractivity contribution in [3.63, 3.8) is 0 Å². The summed E-state index contributed by atoms with van der Waals surface area (Å²) in [6.45, 7) is 9.87. The van der Waals surface area contributed by atoms with Crippen molar-refractivity contribution in [1.82, 2.24) is 4.90 Å². The van der Waals surface area contributed by atoms with E-state index in [1.807, 2.05) is 24.3 Å². The predicted molar refractivity (Wildman–Crippen MR) is 78.4 cm³/mol. The van der Waals surface area contributed by atoms with Crippen molar-refractivity contribution in [3.8, 4) is 5.75 Å². The lowest BCUT2D eigenvalue weighted by molar-refractivity contribution is 0.0817. The summed E-state index contributed by atoms with van der Waals surface area (Å²) in [5.74, 6) is 0.859. The monoisotopic (exact) mass is 266 g/mol. The molecule has 0 amide bonds. The smallest absolute Gasteiger partial charge is 0.123 e. The van der Waals surface area contributed by atoms with Crippen molar-refractivity contribution in [2.75, 3.05) is 39.5 Å². The molecule has 0 radical (unpaired) electrons. The van der Waals surface area contributed by atoms with Crippen LogP contribution in [-0.4, -0.2) is 44.4 Å². The van der Waals surface area contributed by atoms with Gasteiger partial charge < -0.3 is 20.1 Å². The van der Waals surface area contributed by atoms with Gasteiger partial charge in [0, 0.05) is 18.7 Å². The molecule has 0 aliphatic rings. The summed E-state index contributed by atoms with van der Waals surface area (Å²) in [4.78, 5) is 2.34. The maximum absolute atomic E-state index is 5.67. The van der Waals surface area contributed by atoms with Crippen LogP contribution in [-0.2, 0) is 11.3 Å². The Bertz CT molecular complexity index is 341. The number of likely N-dealkylation sites (N-methyl/N-ethyl adjacent to an activating group) is 1. The first-order chi connectivity index (χ1) is 9.31. The number of rotatable bonds is 10. The third kappa shape index (κ3) is 6.05. The molecule has 0 spiro atoms. The van der Waals surface area contributed by atoms with Gasteiger partial charge in [-0.3, -0.25) is 0 Å². The van der Waals surface area contributed by atoms with Crippen molar-refractivity contribution in [2.24, 2.45) is 5.73 Å². The molecule has 0 unspecified atom stereocenters. The van der Waals surface area contributed by atoms with E-state index in [4.69, 9.17) is 15.2 Å². The average molecular weight is 266 g/mol. The van der Waals surface area contributed by atoms with Crippen LogP contribution in [0.5, 0.6) is 5.75 Å². The minimum Gasteiger partial charge on any atom is -0.491 e. The largest absolute Gasteiger partial charge is 0.491 e. The third-order valence-corrected chi connectivity index (χ3v) is 3.12. The minimum atomic E-state index is 0.499. The molecule has 0 fully saturated rings. The van der Waals surface area contributed by atoms with Gasteiger partial charge in [0.25, 0.3) is 0 Å². The highest BCUT2D eigenvalue weighted by Crippen LogP contribution is 2.16. The average Bonchev–Trinajstić information content (AvgIpc) is 2.47. The van der Waals surface area contributed by atoms with E-state index >= 15 is 0 Å². The maximum atomic E-state index is 5.67. The van der Waals surface area contributed by atoms with Crippen LogP contribution in [0.3, 0.4) is 0 Å². The van der Waals surface area contributed by atoms with E-state index < -0.39 is 0 Å². The molecule has 4 nitrogen and oxygen atoms in total. The molecule has 19 heavy (non-hydrogen) atoms. The van der Waals surface area contributed by atoms with Gasteiger partial charge in [-0.2, -0.15) is 0 Å². The number of para-hydroxylation sites is 1. The van der Waals surface area contributed by atoms with Crippen LogP contribution in [0.15, 0.2) is 24.3 Å². The highest BCUT2D eigenvalue weighted by atomic mass is 16.5. The molecule has 0 saturated carbocycles. The van der Waals surface area contributed by atoms with E-state index in [9.17, 15) is 0 Å². The highest BCUT2D eigenvalue weighted by Gasteiger charge is 2.01. The third-order valence-electron chi connectivity index (χ3n) is 3.12. The van der Waals surface area contributed by atoms with Gasteiger partial charge in [0.05, 0.1) is 13.2 Å². The molecule has 4 heteroatoms. The van der Waals surface area contributed by atoms with E-state index in [0.29, 0.717) is 19.8 Å². The Balaban J connectivity index is 2.14. The zero-order valence-corrected chi connectivity index (χ0v) is 12.1. The SMILES string of the molecule is CCN(CC)CCOCCOc1ccccc1CN. The van der Waals surface area contributed by atoms with Crippen molar-refractivity contribution in [2.45, 2.75) is 20.4 Å². The Morgan fingerprint density at radius 1 is 1.05 bits per heavy atom. The highest BCUT2D eigenvalue weighted by molar-refractivity contribution is 5.32. The first-order valence-electron chi connectivity index (χ1n) is 7.02. The molecule has 0 aliphatic heterocycles. The van der Waals surface area contributed by atoms with Gasteiger partial charge in [0.2, 0.25) is 0 Å². The van der Waals surface area contributed by atoms with Crippen molar-refractivity contribution in [3.05, 3.63) is 29.8 Å². The number of hydrogen-bond donors (Lipinski definition) is 1. The quantitative estimate of drug-likeness (QED) is 0.657. The van der Waals surface area contributed by atoms with Crippen LogP contribution in [0.1, 0.15) is 19.4 Å². The molecule has 0 heterocycles. The van der Waals surface area contributed by atoms with E-state index in [1.54, 1.807) is 0 Å². The first kappa shape index (κ1) is 16.0. The van der Waals surface area contributed by atoms with Gasteiger partial charge >= 0.3 is 0 Å². The second-order valence-electron chi connectivity index (χ2n) is 4.30. The molecule has 1 rings (SSSR count). The fourth-order valence-corrected chi connectivity index (χ4v) is 1.86. The van der Waals surface area contributed by atoms with Gasteiger partial charge in [-0.1, -0.05) is 32.0 Å². The molecule has 108 valence electrons. The molecule has 1 aromatic carbocycles. The normalized spacial score (nSPS) is 10.9. The number of nitrogens with zero attached hydrogens (tertiary/aromatic N) is 1. The Morgan fingerprint density at radius 3 is 2.47 bits per heavy atom. The molecule has 2 N–H and O–H groups in total. The van der Waals surface area contributed by atoms with Gasteiger partial charge in [-0.15, -0.1) is 0 Å². The van der Waals surface area contributed by atoms with Crippen molar-refractivity contribution >= 4 is 0 Å². The molecule has 0 aromatic heterocycles. The lowest BCUT2D eigenvalue weighted by Crippen LogP contribution is -2.27. The summed E-state index contributed by atoms with van der Waals surface area (Å²) < 4.78 is 11.2. The summed E-state index contributed by atoms with van der Waals surface area (Å²) in [6.07, 6.45) is 0. The van der Waals surface area contributed by atoms with Crippen molar-refractivity contribution < 1.29 is 9.47 Å². The van der Waals surface area contributed by atoms with Crippen LogP contribution in [0, 0.1) is 0 Å². The van der Waals surface area contributed by atoms with Crippen LogP contribution in [0.2, 0.25) is 0 Å². The molecule has 0 atom stereocenters. The van der Waals surface area contributed by atoms with E-state index in [1.165, 1.54) is 0 Å². The Hall–Kier alpha value is -1.10. The molecule has 0 bridgehead atoms. The Labute approximate surface area is 116 Å². The van der Waals surface area contributed by atoms with Crippen LogP contribution >= 0.6 is 0 Å². The molecule has 0 saturated heterocycles. The van der Waals surface area contributed by atoms with Crippen LogP contribution in [0.4, 0.5) is 0 Å². The lowest BCUT2D eigenvalue weighted by Gasteiger charge is -2.17. The maximum Gasteiger partial charge on any atom is 0.123 e. The van der Waals surface area contributed by atoms with E-state index in [0.717, 1.165) is 37.6 Å². The van der Waals surface area contributed by atoms with Gasteiger partial charge in [-0.05, 0) is 19.2 Å². The van der Waals surface area contributed by atoms with Crippen LogP contribution < -0.4 is 10.5 Å². The van der Waals surface area contributed by atoms with Crippen molar-refractivity contribution in [1.29, 1.82) is 0 Å². The minimum absolute atomic E-state index is 0.499. The second kappa shape index (κ2) is 9.78. The first-order valence-corrected chi connectivity index (χ1v) is 7.02. The fraction of sp³-hybridized carbons (Fsp3) is 0.600.